The van der Waals surface area contributed by atoms with Crippen LogP contribution in [0.25, 0.3) is 0 Å². The van der Waals surface area contributed by atoms with Gasteiger partial charge in [0, 0.05) is 10.3 Å². The number of amides is 2. The van der Waals surface area contributed by atoms with E-state index in [9.17, 15) is 19.5 Å². The van der Waals surface area contributed by atoms with Crippen molar-refractivity contribution < 1.29 is 24.2 Å². The van der Waals surface area contributed by atoms with E-state index in [1.165, 1.54) is 11.3 Å². The van der Waals surface area contributed by atoms with E-state index in [2.05, 4.69) is 10.9 Å². The smallest absolute Gasteiger partial charge is 0.310 e. The van der Waals surface area contributed by atoms with E-state index in [1.807, 2.05) is 13.8 Å². The van der Waals surface area contributed by atoms with Crippen molar-refractivity contribution in [3.63, 3.8) is 0 Å². The fraction of sp³-hybridized carbons (Fsp3) is 0.533. The number of ether oxygens (including phenoxy) is 1. The fourth-order valence-electron chi connectivity index (χ4n) is 3.33. The second-order valence-electron chi connectivity index (χ2n) is 5.95. The van der Waals surface area contributed by atoms with Crippen molar-refractivity contribution >= 4 is 29.1 Å². The monoisotopic (exact) mass is 338 g/mol. The average molecular weight is 338 g/mol. The predicted octanol–water partition coefficient (Wildman–Crippen LogP) is 1.00. The van der Waals surface area contributed by atoms with Crippen LogP contribution in [-0.4, -0.2) is 35.1 Å². The molecule has 2 aliphatic rings. The Balaban J connectivity index is 1.64. The molecule has 1 aromatic rings. The van der Waals surface area contributed by atoms with Crippen molar-refractivity contribution in [2.45, 2.75) is 38.9 Å². The first-order chi connectivity index (χ1) is 10.9. The standard InChI is InChI=1S/C15H18N2O5S/c1-6-7(2)23-5-8(6)13(18)16-17-14(19)11-9-3-4-10(22-9)12(11)15(20)21/h5,9-12H,3-4H2,1-2H3,(H,16,18)(H,17,19)(H,20,21). The van der Waals surface area contributed by atoms with Crippen molar-refractivity contribution in [2.24, 2.45) is 11.8 Å². The molecule has 0 saturated carbocycles. The molecule has 3 N–H and O–H groups in total. The minimum absolute atomic E-state index is 0.386. The van der Waals surface area contributed by atoms with Gasteiger partial charge in [0.05, 0.1) is 29.6 Å². The van der Waals surface area contributed by atoms with Crippen molar-refractivity contribution in [1.29, 1.82) is 0 Å². The Morgan fingerprint density at radius 3 is 2.39 bits per heavy atom. The molecule has 2 aliphatic heterocycles. The molecule has 0 aromatic carbocycles. The molecule has 2 bridgehead atoms. The molecule has 0 radical (unpaired) electrons. The number of nitrogens with one attached hydrogen (secondary N) is 2. The van der Waals surface area contributed by atoms with Crippen LogP contribution in [0.4, 0.5) is 0 Å². The lowest BCUT2D eigenvalue weighted by Gasteiger charge is -2.23. The third-order valence-corrected chi connectivity index (χ3v) is 5.70. The van der Waals surface area contributed by atoms with Crippen molar-refractivity contribution in [3.05, 3.63) is 21.4 Å². The van der Waals surface area contributed by atoms with Crippen LogP contribution < -0.4 is 10.9 Å². The number of carboxylic acid groups (broad SMARTS) is 1. The number of hydrogen-bond donors (Lipinski definition) is 3. The van der Waals surface area contributed by atoms with Gasteiger partial charge in [-0.2, -0.15) is 0 Å². The number of fused-ring (bicyclic) bond motifs is 2. The highest BCUT2D eigenvalue weighted by atomic mass is 32.1. The van der Waals surface area contributed by atoms with Crippen LogP contribution in [0, 0.1) is 25.7 Å². The van der Waals surface area contributed by atoms with Gasteiger partial charge in [-0.15, -0.1) is 11.3 Å². The van der Waals surface area contributed by atoms with Crippen LogP contribution >= 0.6 is 11.3 Å². The first-order valence-corrected chi connectivity index (χ1v) is 8.31. The number of hydrazine groups is 1. The number of hydrogen-bond acceptors (Lipinski definition) is 5. The van der Waals surface area contributed by atoms with Gasteiger partial charge in [-0.3, -0.25) is 25.2 Å². The van der Waals surface area contributed by atoms with Crippen LogP contribution in [0.2, 0.25) is 0 Å². The van der Waals surface area contributed by atoms with E-state index in [4.69, 9.17) is 4.74 Å². The van der Waals surface area contributed by atoms with Gasteiger partial charge < -0.3 is 9.84 Å². The maximum atomic E-state index is 12.3. The van der Waals surface area contributed by atoms with Gasteiger partial charge in [0.25, 0.3) is 5.91 Å². The number of aliphatic carboxylic acids is 1. The third-order valence-electron chi connectivity index (χ3n) is 4.69. The quantitative estimate of drug-likeness (QED) is 0.713. The van der Waals surface area contributed by atoms with E-state index in [0.717, 1.165) is 10.4 Å². The van der Waals surface area contributed by atoms with E-state index in [-0.39, 0.29) is 6.10 Å². The summed E-state index contributed by atoms with van der Waals surface area (Å²) in [5, 5.41) is 11.0. The Morgan fingerprint density at radius 1 is 1.17 bits per heavy atom. The molecule has 0 aliphatic carbocycles. The molecule has 3 rings (SSSR count). The Morgan fingerprint density at radius 2 is 1.83 bits per heavy atom. The zero-order valence-electron chi connectivity index (χ0n) is 12.8. The Bertz CT molecular complexity index is 671. The lowest BCUT2D eigenvalue weighted by molar-refractivity contribution is -0.148. The van der Waals surface area contributed by atoms with Gasteiger partial charge in [-0.1, -0.05) is 0 Å². The molecular weight excluding hydrogens is 320 g/mol. The summed E-state index contributed by atoms with van der Waals surface area (Å²) < 4.78 is 5.54. The van der Waals surface area contributed by atoms with Crippen LogP contribution in [0.3, 0.4) is 0 Å². The number of carboxylic acids is 1. The Kier molecular flexibility index (Phi) is 4.11. The molecule has 3 heterocycles. The molecule has 4 unspecified atom stereocenters. The maximum Gasteiger partial charge on any atom is 0.310 e. The summed E-state index contributed by atoms with van der Waals surface area (Å²) in [6.45, 7) is 3.76. The molecule has 0 spiro atoms. The normalized spacial score (nSPS) is 28.6. The summed E-state index contributed by atoms with van der Waals surface area (Å²) in [7, 11) is 0. The second-order valence-corrected chi connectivity index (χ2v) is 7.04. The summed E-state index contributed by atoms with van der Waals surface area (Å²) in [5.41, 5.74) is 6.10. The number of carbonyl (C=O) groups is 3. The number of thiophene rings is 1. The van der Waals surface area contributed by atoms with Crippen LogP contribution in [0.5, 0.6) is 0 Å². The van der Waals surface area contributed by atoms with Crippen molar-refractivity contribution in [1.82, 2.24) is 10.9 Å². The van der Waals surface area contributed by atoms with Gasteiger partial charge in [-0.05, 0) is 32.3 Å². The van der Waals surface area contributed by atoms with Crippen molar-refractivity contribution in [2.75, 3.05) is 0 Å². The highest BCUT2D eigenvalue weighted by Crippen LogP contribution is 2.43. The number of carbonyl (C=O) groups excluding carboxylic acids is 2. The molecule has 1 aromatic heterocycles. The van der Waals surface area contributed by atoms with Gasteiger partial charge in [0.15, 0.2) is 0 Å². The highest BCUT2D eigenvalue weighted by Gasteiger charge is 2.55. The largest absolute Gasteiger partial charge is 0.481 e. The van der Waals surface area contributed by atoms with E-state index >= 15 is 0 Å². The van der Waals surface area contributed by atoms with Crippen LogP contribution in [-0.2, 0) is 14.3 Å². The lowest BCUT2D eigenvalue weighted by atomic mass is 9.79. The van der Waals surface area contributed by atoms with Crippen LogP contribution in [0.1, 0.15) is 33.6 Å². The highest BCUT2D eigenvalue weighted by molar-refractivity contribution is 7.10. The van der Waals surface area contributed by atoms with Gasteiger partial charge >= 0.3 is 5.97 Å². The summed E-state index contributed by atoms with van der Waals surface area (Å²) in [6, 6.07) is 0. The van der Waals surface area contributed by atoms with Gasteiger partial charge in [0.2, 0.25) is 5.91 Å². The molecule has 2 amide bonds. The SMILES string of the molecule is Cc1scc(C(=O)NNC(=O)C2C3CCC(O3)C2C(=O)O)c1C. The zero-order chi connectivity index (χ0) is 16.7. The minimum atomic E-state index is -1.03. The second kappa shape index (κ2) is 5.93. The summed E-state index contributed by atoms with van der Waals surface area (Å²) >= 11 is 1.46. The predicted molar refractivity (Wildman–Crippen MR) is 81.9 cm³/mol. The first kappa shape index (κ1) is 15.9. The molecule has 7 nitrogen and oxygen atoms in total. The molecule has 124 valence electrons. The lowest BCUT2D eigenvalue weighted by Crippen LogP contribution is -2.50. The first-order valence-electron chi connectivity index (χ1n) is 7.43. The molecule has 23 heavy (non-hydrogen) atoms. The number of aryl methyl sites for hydroxylation is 1. The molecular formula is C15H18N2O5S. The molecule has 8 heteroatoms. The molecule has 2 fully saturated rings. The van der Waals surface area contributed by atoms with Gasteiger partial charge in [0.1, 0.15) is 0 Å². The average Bonchev–Trinajstić information content (AvgIpc) is 3.20. The Hall–Kier alpha value is -1.93. The van der Waals surface area contributed by atoms with Crippen LogP contribution in [0.15, 0.2) is 5.38 Å². The van der Waals surface area contributed by atoms with E-state index < -0.39 is 35.7 Å². The Labute approximate surface area is 137 Å². The zero-order valence-corrected chi connectivity index (χ0v) is 13.6. The summed E-state index contributed by atoms with van der Waals surface area (Å²) in [5.74, 6) is -3.57. The number of rotatable bonds is 3. The van der Waals surface area contributed by atoms with E-state index in [0.29, 0.717) is 18.4 Å². The van der Waals surface area contributed by atoms with Crippen molar-refractivity contribution in [3.8, 4) is 0 Å². The van der Waals surface area contributed by atoms with Gasteiger partial charge in [-0.25, -0.2) is 0 Å². The summed E-state index contributed by atoms with van der Waals surface area (Å²) in [6.07, 6.45) is 0.530. The molecule has 2 saturated heterocycles. The summed E-state index contributed by atoms with van der Waals surface area (Å²) in [4.78, 5) is 36.8. The topological polar surface area (TPSA) is 105 Å². The minimum Gasteiger partial charge on any atom is -0.481 e. The maximum absolute atomic E-state index is 12.3. The molecule has 4 atom stereocenters. The fourth-order valence-corrected chi connectivity index (χ4v) is 4.20. The van der Waals surface area contributed by atoms with E-state index in [1.54, 1.807) is 5.38 Å². The third kappa shape index (κ3) is 2.72.